The van der Waals surface area contributed by atoms with Crippen LogP contribution in [0.5, 0.6) is 0 Å². The molecule has 3 aromatic rings. The molecule has 0 radical (unpaired) electrons. The van der Waals surface area contributed by atoms with Gasteiger partial charge in [0.1, 0.15) is 0 Å². The molecular formula is C23H24BrN. The fraction of sp³-hybridized carbons (Fsp3) is 0.304. The van der Waals surface area contributed by atoms with E-state index in [1.165, 1.54) is 41.2 Å². The van der Waals surface area contributed by atoms with Gasteiger partial charge < -0.3 is 5.32 Å². The first kappa shape index (κ1) is 16.8. The second kappa shape index (κ2) is 7.31. The molecule has 0 saturated heterocycles. The van der Waals surface area contributed by atoms with Crippen molar-refractivity contribution in [3.05, 3.63) is 82.3 Å². The maximum atomic E-state index is 3.89. The van der Waals surface area contributed by atoms with Gasteiger partial charge in [0.15, 0.2) is 0 Å². The molecule has 128 valence electrons. The summed E-state index contributed by atoms with van der Waals surface area (Å²) in [4.78, 5) is 0. The molecule has 0 aromatic heterocycles. The predicted molar refractivity (Wildman–Crippen MR) is 110 cm³/mol. The highest BCUT2D eigenvalue weighted by molar-refractivity contribution is 9.10. The van der Waals surface area contributed by atoms with Crippen LogP contribution in [0.2, 0.25) is 0 Å². The summed E-state index contributed by atoms with van der Waals surface area (Å²) < 4.78 is 1.16. The summed E-state index contributed by atoms with van der Waals surface area (Å²) in [6.45, 7) is 2.30. The number of hydrogen-bond donors (Lipinski definition) is 1. The van der Waals surface area contributed by atoms with Gasteiger partial charge in [0.25, 0.3) is 0 Å². The summed E-state index contributed by atoms with van der Waals surface area (Å²) in [7, 11) is 0. The van der Waals surface area contributed by atoms with Gasteiger partial charge >= 0.3 is 0 Å². The first-order chi connectivity index (χ1) is 12.2. The summed E-state index contributed by atoms with van der Waals surface area (Å²) in [6, 6.07) is 25.2. The summed E-state index contributed by atoms with van der Waals surface area (Å²) in [5.41, 5.74) is 2.88. The van der Waals surface area contributed by atoms with Crippen molar-refractivity contribution >= 4 is 26.7 Å². The summed E-state index contributed by atoms with van der Waals surface area (Å²) in [5, 5.41) is 6.58. The van der Waals surface area contributed by atoms with Crippen LogP contribution in [0, 0.1) is 0 Å². The van der Waals surface area contributed by atoms with Crippen LogP contribution < -0.4 is 5.32 Å². The van der Waals surface area contributed by atoms with E-state index >= 15 is 0 Å². The molecule has 1 fully saturated rings. The fourth-order valence-electron chi connectivity index (χ4n) is 4.24. The molecule has 1 nitrogen and oxygen atoms in total. The lowest BCUT2D eigenvalue weighted by atomic mass is 9.97. The molecule has 1 unspecified atom stereocenters. The third-order valence-corrected chi connectivity index (χ3v) is 6.08. The van der Waals surface area contributed by atoms with E-state index in [9.17, 15) is 0 Å². The van der Waals surface area contributed by atoms with Gasteiger partial charge in [-0.05, 0) is 66.1 Å². The van der Waals surface area contributed by atoms with Crippen molar-refractivity contribution in [1.82, 2.24) is 5.32 Å². The SMILES string of the molecule is C[C@@H](NC1CC[C@H](c2ccc(Br)cc2)C1)c1cccc2ccccc12. The molecule has 2 heteroatoms. The highest BCUT2D eigenvalue weighted by Crippen LogP contribution is 2.36. The number of halogens is 1. The summed E-state index contributed by atoms with van der Waals surface area (Å²) >= 11 is 3.53. The van der Waals surface area contributed by atoms with Gasteiger partial charge in [-0.3, -0.25) is 0 Å². The van der Waals surface area contributed by atoms with Crippen LogP contribution in [0.4, 0.5) is 0 Å². The van der Waals surface area contributed by atoms with Crippen LogP contribution in [0.1, 0.15) is 49.3 Å². The monoisotopic (exact) mass is 393 g/mol. The smallest absolute Gasteiger partial charge is 0.0300 e. The molecule has 0 spiro atoms. The van der Waals surface area contributed by atoms with E-state index in [1.807, 2.05) is 0 Å². The number of nitrogens with one attached hydrogen (secondary N) is 1. The van der Waals surface area contributed by atoms with Crippen molar-refractivity contribution in [3.8, 4) is 0 Å². The van der Waals surface area contributed by atoms with Crippen molar-refractivity contribution < 1.29 is 0 Å². The highest BCUT2D eigenvalue weighted by atomic mass is 79.9. The predicted octanol–water partition coefficient (Wildman–Crippen LogP) is 6.59. The van der Waals surface area contributed by atoms with Crippen molar-refractivity contribution in [2.45, 2.75) is 44.2 Å². The van der Waals surface area contributed by atoms with Gasteiger partial charge in [0.05, 0.1) is 0 Å². The largest absolute Gasteiger partial charge is 0.307 e. The minimum absolute atomic E-state index is 0.375. The fourth-order valence-corrected chi connectivity index (χ4v) is 4.51. The molecule has 3 atom stereocenters. The van der Waals surface area contributed by atoms with Crippen LogP contribution >= 0.6 is 15.9 Å². The highest BCUT2D eigenvalue weighted by Gasteiger charge is 2.27. The van der Waals surface area contributed by atoms with E-state index in [2.05, 4.69) is 94.9 Å². The van der Waals surface area contributed by atoms with Gasteiger partial charge in [0, 0.05) is 16.6 Å². The van der Waals surface area contributed by atoms with Crippen LogP contribution in [-0.4, -0.2) is 6.04 Å². The van der Waals surface area contributed by atoms with E-state index < -0.39 is 0 Å². The lowest BCUT2D eigenvalue weighted by Gasteiger charge is -2.21. The molecule has 0 amide bonds. The van der Waals surface area contributed by atoms with E-state index in [0.29, 0.717) is 18.0 Å². The molecule has 1 saturated carbocycles. The molecule has 1 aliphatic carbocycles. The van der Waals surface area contributed by atoms with Gasteiger partial charge in [-0.25, -0.2) is 0 Å². The van der Waals surface area contributed by atoms with Crippen LogP contribution in [0.3, 0.4) is 0 Å². The molecule has 4 rings (SSSR count). The Hall–Kier alpha value is -1.64. The molecule has 25 heavy (non-hydrogen) atoms. The second-order valence-electron chi connectivity index (χ2n) is 7.22. The molecule has 1 aliphatic rings. The van der Waals surface area contributed by atoms with E-state index in [-0.39, 0.29) is 0 Å². The van der Waals surface area contributed by atoms with Gasteiger partial charge in [0.2, 0.25) is 0 Å². The third kappa shape index (κ3) is 3.65. The molecule has 0 heterocycles. The van der Waals surface area contributed by atoms with E-state index in [4.69, 9.17) is 0 Å². The van der Waals surface area contributed by atoms with Crippen molar-refractivity contribution in [1.29, 1.82) is 0 Å². The van der Waals surface area contributed by atoms with E-state index in [0.717, 1.165) is 4.47 Å². The minimum atomic E-state index is 0.375. The maximum absolute atomic E-state index is 3.89. The first-order valence-electron chi connectivity index (χ1n) is 9.20. The number of hydrogen-bond acceptors (Lipinski definition) is 1. The van der Waals surface area contributed by atoms with Crippen molar-refractivity contribution in [2.75, 3.05) is 0 Å². The van der Waals surface area contributed by atoms with Crippen molar-refractivity contribution in [3.63, 3.8) is 0 Å². The van der Waals surface area contributed by atoms with Gasteiger partial charge in [-0.15, -0.1) is 0 Å². The topological polar surface area (TPSA) is 12.0 Å². The van der Waals surface area contributed by atoms with E-state index in [1.54, 1.807) is 0 Å². The summed E-state index contributed by atoms with van der Waals surface area (Å²) in [6.07, 6.45) is 3.77. The Morgan fingerprint density at radius 2 is 1.68 bits per heavy atom. The molecule has 0 aliphatic heterocycles. The number of rotatable bonds is 4. The molecule has 3 aromatic carbocycles. The zero-order chi connectivity index (χ0) is 17.2. The third-order valence-electron chi connectivity index (χ3n) is 5.55. The molecule has 0 bridgehead atoms. The van der Waals surface area contributed by atoms with Crippen LogP contribution in [0.15, 0.2) is 71.2 Å². The lowest BCUT2D eigenvalue weighted by Crippen LogP contribution is -2.29. The Morgan fingerprint density at radius 1 is 0.920 bits per heavy atom. The molecular weight excluding hydrogens is 370 g/mol. The Balaban J connectivity index is 1.46. The number of benzene rings is 3. The quantitative estimate of drug-likeness (QED) is 0.526. The van der Waals surface area contributed by atoms with Gasteiger partial charge in [-0.1, -0.05) is 70.5 Å². The zero-order valence-electron chi connectivity index (χ0n) is 14.6. The van der Waals surface area contributed by atoms with Gasteiger partial charge in [-0.2, -0.15) is 0 Å². The summed E-state index contributed by atoms with van der Waals surface area (Å²) in [5.74, 6) is 0.685. The Kier molecular flexibility index (Phi) is 4.91. The standard InChI is InChI=1S/C23H24BrN/c1-16(22-8-4-6-18-5-2-3-7-23(18)22)25-21-14-11-19(15-21)17-9-12-20(24)13-10-17/h2-10,12-13,16,19,21,25H,11,14-15H2,1H3/t16-,19+,21?/m1/s1. The lowest BCUT2D eigenvalue weighted by molar-refractivity contribution is 0.459. The Morgan fingerprint density at radius 3 is 2.52 bits per heavy atom. The average molecular weight is 394 g/mol. The first-order valence-corrected chi connectivity index (χ1v) is 9.99. The van der Waals surface area contributed by atoms with Crippen molar-refractivity contribution in [2.24, 2.45) is 0 Å². The Bertz CT molecular complexity index is 850. The number of fused-ring (bicyclic) bond motifs is 1. The Labute approximate surface area is 158 Å². The average Bonchev–Trinajstić information content (AvgIpc) is 3.10. The van der Waals surface area contributed by atoms with Crippen LogP contribution in [0.25, 0.3) is 10.8 Å². The zero-order valence-corrected chi connectivity index (χ0v) is 16.2. The normalized spacial score (nSPS) is 21.5. The molecule has 1 N–H and O–H groups in total. The minimum Gasteiger partial charge on any atom is -0.307 e. The van der Waals surface area contributed by atoms with Crippen LogP contribution in [-0.2, 0) is 0 Å². The maximum Gasteiger partial charge on any atom is 0.0300 e. The second-order valence-corrected chi connectivity index (χ2v) is 8.13.